The highest BCUT2D eigenvalue weighted by Crippen LogP contribution is 2.34. The van der Waals surface area contributed by atoms with Crippen LogP contribution in [0.5, 0.6) is 0 Å². The fourth-order valence-electron chi connectivity index (χ4n) is 4.34. The predicted octanol–water partition coefficient (Wildman–Crippen LogP) is 4.23. The molecule has 2 fully saturated rings. The molecule has 1 aliphatic carbocycles. The molecule has 1 saturated heterocycles. The molecule has 7 nitrogen and oxygen atoms in total. The molecule has 9 heteroatoms. The lowest BCUT2D eigenvalue weighted by molar-refractivity contribution is -0.122. The number of thiocarbonyl (C=S) groups is 1. The van der Waals surface area contributed by atoms with Crippen LogP contribution in [-0.4, -0.2) is 50.8 Å². The number of nitrogens with zero attached hydrogens (tertiary/aromatic N) is 3. The number of pyridine rings is 1. The van der Waals surface area contributed by atoms with Gasteiger partial charge in [-0.05, 0) is 62.7 Å². The zero-order valence-corrected chi connectivity index (χ0v) is 20.9. The maximum Gasteiger partial charge on any atom is 0.267 e. The molecule has 0 unspecified atom stereocenters. The Hall–Kier alpha value is -2.23. The molecule has 176 valence electrons. The monoisotopic (exact) mass is 486 g/mol. The van der Waals surface area contributed by atoms with E-state index in [1.165, 1.54) is 11.8 Å². The average Bonchev–Trinajstić information content (AvgIpc) is 3.06. The van der Waals surface area contributed by atoms with Crippen molar-refractivity contribution in [3.8, 4) is 0 Å². The number of ether oxygens (including phenoxy) is 1. The van der Waals surface area contributed by atoms with Crippen LogP contribution in [0.3, 0.4) is 0 Å². The van der Waals surface area contributed by atoms with Crippen molar-refractivity contribution in [1.82, 2.24) is 14.3 Å². The SMILES string of the molecule is COCCCN1C(=O)C(=Cc2c(NC3CCC(C)CC3)nc3c(C)cccn3c2=O)SC1=S. The van der Waals surface area contributed by atoms with Crippen molar-refractivity contribution >= 4 is 51.7 Å². The van der Waals surface area contributed by atoms with E-state index in [2.05, 4.69) is 12.2 Å². The molecule has 1 N–H and O–H groups in total. The summed E-state index contributed by atoms with van der Waals surface area (Å²) in [6, 6.07) is 4.04. The molecule has 33 heavy (non-hydrogen) atoms. The van der Waals surface area contributed by atoms with Gasteiger partial charge in [-0.3, -0.25) is 18.9 Å². The Labute approximate surface area is 203 Å². The van der Waals surface area contributed by atoms with Crippen molar-refractivity contribution in [2.24, 2.45) is 5.92 Å². The molecule has 0 atom stereocenters. The largest absolute Gasteiger partial charge is 0.385 e. The Kier molecular flexibility index (Phi) is 7.51. The van der Waals surface area contributed by atoms with Gasteiger partial charge in [-0.2, -0.15) is 0 Å². The summed E-state index contributed by atoms with van der Waals surface area (Å²) in [4.78, 5) is 33.4. The molecular formula is C24H30N4O3S2. The van der Waals surface area contributed by atoms with Gasteiger partial charge in [0, 0.05) is 32.5 Å². The number of nitrogens with one attached hydrogen (secondary N) is 1. The number of anilines is 1. The third-order valence-electron chi connectivity index (χ3n) is 6.32. The molecule has 3 heterocycles. The molecule has 0 bridgehead atoms. The van der Waals surface area contributed by atoms with E-state index in [9.17, 15) is 9.59 Å². The number of thioether (sulfide) groups is 1. The van der Waals surface area contributed by atoms with E-state index in [4.69, 9.17) is 21.9 Å². The van der Waals surface area contributed by atoms with Gasteiger partial charge in [0.05, 0.1) is 10.5 Å². The van der Waals surface area contributed by atoms with Crippen LogP contribution in [0.2, 0.25) is 0 Å². The van der Waals surface area contributed by atoms with E-state index in [1.807, 2.05) is 19.1 Å². The first-order chi connectivity index (χ1) is 15.9. The Balaban J connectivity index is 1.72. The van der Waals surface area contributed by atoms with E-state index < -0.39 is 0 Å². The van der Waals surface area contributed by atoms with Crippen molar-refractivity contribution in [3.63, 3.8) is 0 Å². The summed E-state index contributed by atoms with van der Waals surface area (Å²) in [5, 5.41) is 3.53. The van der Waals surface area contributed by atoms with E-state index in [0.29, 0.717) is 45.8 Å². The lowest BCUT2D eigenvalue weighted by Crippen LogP contribution is -2.30. The number of amides is 1. The first-order valence-corrected chi connectivity index (χ1v) is 12.6. The second-order valence-electron chi connectivity index (χ2n) is 8.84. The molecule has 0 radical (unpaired) electrons. The van der Waals surface area contributed by atoms with Crippen LogP contribution in [-0.2, 0) is 9.53 Å². The predicted molar refractivity (Wildman–Crippen MR) is 138 cm³/mol. The van der Waals surface area contributed by atoms with Crippen molar-refractivity contribution in [1.29, 1.82) is 0 Å². The van der Waals surface area contributed by atoms with Crippen LogP contribution in [0, 0.1) is 12.8 Å². The lowest BCUT2D eigenvalue weighted by atomic mass is 9.87. The van der Waals surface area contributed by atoms with Crippen molar-refractivity contribution < 1.29 is 9.53 Å². The summed E-state index contributed by atoms with van der Waals surface area (Å²) in [6.45, 7) is 5.27. The van der Waals surface area contributed by atoms with Gasteiger partial charge in [0.25, 0.3) is 11.5 Å². The minimum Gasteiger partial charge on any atom is -0.385 e. The normalized spacial score (nSPS) is 22.5. The number of aromatic nitrogens is 2. The molecule has 1 aliphatic heterocycles. The number of carbonyl (C=O) groups excluding carboxylic acids is 1. The van der Waals surface area contributed by atoms with E-state index >= 15 is 0 Å². The topological polar surface area (TPSA) is 75.9 Å². The number of fused-ring (bicyclic) bond motifs is 1. The smallest absolute Gasteiger partial charge is 0.267 e. The number of carbonyl (C=O) groups is 1. The van der Waals surface area contributed by atoms with Gasteiger partial charge in [0.2, 0.25) is 0 Å². The number of aryl methyl sites for hydroxylation is 1. The first kappa shape index (κ1) is 23.9. The molecule has 0 aromatic carbocycles. The summed E-state index contributed by atoms with van der Waals surface area (Å²) in [6.07, 6.45) is 8.46. The summed E-state index contributed by atoms with van der Waals surface area (Å²) in [5.41, 5.74) is 1.75. The zero-order valence-electron chi connectivity index (χ0n) is 19.3. The number of methoxy groups -OCH3 is 1. The van der Waals surface area contributed by atoms with Crippen LogP contribution in [0.25, 0.3) is 11.7 Å². The number of hydrogen-bond acceptors (Lipinski definition) is 7. The second-order valence-corrected chi connectivity index (χ2v) is 10.5. The maximum atomic E-state index is 13.5. The van der Waals surface area contributed by atoms with E-state index in [-0.39, 0.29) is 17.5 Å². The van der Waals surface area contributed by atoms with Gasteiger partial charge in [0.1, 0.15) is 15.8 Å². The van der Waals surface area contributed by atoms with Crippen LogP contribution in [0.1, 0.15) is 50.2 Å². The summed E-state index contributed by atoms with van der Waals surface area (Å²) in [7, 11) is 1.63. The molecule has 1 amide bonds. The van der Waals surface area contributed by atoms with Crippen molar-refractivity contribution in [3.05, 3.63) is 44.7 Å². The first-order valence-electron chi connectivity index (χ1n) is 11.4. The van der Waals surface area contributed by atoms with Gasteiger partial charge in [0.15, 0.2) is 0 Å². The number of rotatable bonds is 7. The molecule has 1 saturated carbocycles. The maximum absolute atomic E-state index is 13.5. The van der Waals surface area contributed by atoms with Crippen molar-refractivity contribution in [2.45, 2.75) is 52.0 Å². The third kappa shape index (κ3) is 5.15. The van der Waals surface area contributed by atoms with Crippen LogP contribution in [0.15, 0.2) is 28.0 Å². The minimum atomic E-state index is -0.194. The standard InChI is InChI=1S/C24H30N4O3S2/c1-15-7-9-17(10-8-15)25-20-18(22(29)27-11-4-6-16(2)21(27)26-20)14-19-23(30)28(24(32)33-19)12-5-13-31-3/h4,6,11,14-15,17,25H,5,7-10,12-13H2,1-3H3. The van der Waals surface area contributed by atoms with E-state index in [1.54, 1.807) is 28.7 Å². The zero-order chi connectivity index (χ0) is 23.5. The minimum absolute atomic E-state index is 0.174. The number of hydrogen-bond donors (Lipinski definition) is 1. The fraction of sp³-hybridized carbons (Fsp3) is 0.500. The van der Waals surface area contributed by atoms with Crippen LogP contribution >= 0.6 is 24.0 Å². The van der Waals surface area contributed by atoms with Gasteiger partial charge < -0.3 is 10.1 Å². The van der Waals surface area contributed by atoms with E-state index in [0.717, 1.165) is 37.2 Å². The summed E-state index contributed by atoms with van der Waals surface area (Å²) >= 11 is 6.67. The summed E-state index contributed by atoms with van der Waals surface area (Å²) < 4.78 is 7.14. The quantitative estimate of drug-likeness (QED) is 0.357. The molecule has 2 aliphatic rings. The molecular weight excluding hydrogens is 456 g/mol. The Morgan fingerprint density at radius 1 is 1.30 bits per heavy atom. The van der Waals surface area contributed by atoms with Crippen LogP contribution in [0.4, 0.5) is 5.82 Å². The lowest BCUT2D eigenvalue weighted by Gasteiger charge is -2.28. The van der Waals surface area contributed by atoms with Gasteiger partial charge >= 0.3 is 0 Å². The van der Waals surface area contributed by atoms with Crippen LogP contribution < -0.4 is 10.9 Å². The van der Waals surface area contributed by atoms with Gasteiger partial charge in [-0.25, -0.2) is 4.98 Å². The Morgan fingerprint density at radius 3 is 2.79 bits per heavy atom. The van der Waals surface area contributed by atoms with Gasteiger partial charge in [-0.1, -0.05) is 37.0 Å². The average molecular weight is 487 g/mol. The molecule has 4 rings (SSSR count). The summed E-state index contributed by atoms with van der Waals surface area (Å²) in [5.74, 6) is 1.09. The van der Waals surface area contributed by atoms with Crippen molar-refractivity contribution in [2.75, 3.05) is 25.6 Å². The second kappa shape index (κ2) is 10.4. The highest BCUT2D eigenvalue weighted by Gasteiger charge is 2.32. The highest BCUT2D eigenvalue weighted by molar-refractivity contribution is 8.26. The fourth-order valence-corrected chi connectivity index (χ4v) is 5.63. The Bertz CT molecular complexity index is 1150. The van der Waals surface area contributed by atoms with Gasteiger partial charge in [-0.15, -0.1) is 0 Å². The molecule has 0 spiro atoms. The molecule has 2 aromatic heterocycles. The Morgan fingerprint density at radius 2 is 2.06 bits per heavy atom. The molecule has 2 aromatic rings. The third-order valence-corrected chi connectivity index (χ3v) is 7.70. The highest BCUT2D eigenvalue weighted by atomic mass is 32.2.